The van der Waals surface area contributed by atoms with E-state index in [9.17, 15) is 20.0 Å². The van der Waals surface area contributed by atoms with Crippen LogP contribution in [-0.4, -0.2) is 23.0 Å². The van der Waals surface area contributed by atoms with Crippen LogP contribution in [0.5, 0.6) is 11.5 Å². The zero-order valence-electron chi connectivity index (χ0n) is 12.2. The number of hydrogen-bond donors (Lipinski definition) is 2. The second-order valence-electron chi connectivity index (χ2n) is 4.56. The molecule has 0 aliphatic rings. The van der Waals surface area contributed by atoms with Crippen molar-refractivity contribution in [1.29, 1.82) is 0 Å². The van der Waals surface area contributed by atoms with Gasteiger partial charge in [0.15, 0.2) is 11.5 Å². The first-order valence-electron chi connectivity index (χ1n) is 6.60. The van der Waals surface area contributed by atoms with Crippen molar-refractivity contribution in [2.24, 2.45) is 0 Å². The van der Waals surface area contributed by atoms with Gasteiger partial charge >= 0.3 is 0 Å². The number of nitro benzene ring substituents is 1. The predicted octanol–water partition coefficient (Wildman–Crippen LogP) is 2.96. The second kappa shape index (κ2) is 7.08. The molecule has 0 unspecified atom stereocenters. The Hall–Kier alpha value is -3.35. The van der Waals surface area contributed by atoms with Gasteiger partial charge in [-0.3, -0.25) is 14.9 Å². The number of methoxy groups -OCH3 is 1. The number of phenolic OH excluding ortho intramolecular Hbond substituents is 1. The van der Waals surface area contributed by atoms with E-state index in [1.54, 1.807) is 12.1 Å². The van der Waals surface area contributed by atoms with Gasteiger partial charge in [0.1, 0.15) is 0 Å². The first-order valence-corrected chi connectivity index (χ1v) is 6.60. The third-order valence-electron chi connectivity index (χ3n) is 2.95. The smallest absolute Gasteiger partial charge is 0.270 e. The fourth-order valence-corrected chi connectivity index (χ4v) is 1.87. The summed E-state index contributed by atoms with van der Waals surface area (Å²) < 4.78 is 4.91. The Balaban J connectivity index is 2.05. The van der Waals surface area contributed by atoms with E-state index in [-0.39, 0.29) is 11.4 Å². The van der Waals surface area contributed by atoms with Crippen molar-refractivity contribution >= 4 is 23.4 Å². The van der Waals surface area contributed by atoms with E-state index in [0.717, 1.165) is 0 Å². The second-order valence-corrected chi connectivity index (χ2v) is 4.56. The lowest BCUT2D eigenvalue weighted by molar-refractivity contribution is -0.384. The highest BCUT2D eigenvalue weighted by atomic mass is 16.6. The van der Waals surface area contributed by atoms with Crippen LogP contribution in [0.3, 0.4) is 0 Å². The Morgan fingerprint density at radius 2 is 2.09 bits per heavy atom. The minimum Gasteiger partial charge on any atom is -0.504 e. The summed E-state index contributed by atoms with van der Waals surface area (Å²) in [5, 5.41) is 22.9. The molecule has 118 valence electrons. The van der Waals surface area contributed by atoms with Crippen molar-refractivity contribution in [1.82, 2.24) is 0 Å². The molecular weight excluding hydrogens is 300 g/mol. The van der Waals surface area contributed by atoms with Gasteiger partial charge in [-0.05, 0) is 23.8 Å². The summed E-state index contributed by atoms with van der Waals surface area (Å²) in [5.74, 6) is -0.218. The van der Waals surface area contributed by atoms with Gasteiger partial charge < -0.3 is 15.2 Å². The standard InChI is InChI=1S/C16H14N2O5/c1-23-15-7-6-12(10-14(15)19)17-16(20)8-5-11-3-2-4-13(9-11)18(21)22/h2-10,19H,1H3,(H,17,20)/b8-5+. The van der Waals surface area contributed by atoms with E-state index >= 15 is 0 Å². The van der Waals surface area contributed by atoms with Crippen molar-refractivity contribution in [3.8, 4) is 11.5 Å². The van der Waals surface area contributed by atoms with Crippen LogP contribution in [0, 0.1) is 10.1 Å². The summed E-state index contributed by atoms with van der Waals surface area (Å²) in [6.45, 7) is 0. The van der Waals surface area contributed by atoms with Crippen LogP contribution in [0.4, 0.5) is 11.4 Å². The Morgan fingerprint density at radius 3 is 2.74 bits per heavy atom. The molecule has 23 heavy (non-hydrogen) atoms. The Morgan fingerprint density at radius 1 is 1.30 bits per heavy atom. The molecule has 2 N–H and O–H groups in total. The summed E-state index contributed by atoms with van der Waals surface area (Å²) >= 11 is 0. The number of carbonyl (C=O) groups is 1. The number of ether oxygens (including phenoxy) is 1. The predicted molar refractivity (Wildman–Crippen MR) is 85.4 cm³/mol. The molecule has 0 fully saturated rings. The largest absolute Gasteiger partial charge is 0.504 e. The summed E-state index contributed by atoms with van der Waals surface area (Å²) in [7, 11) is 1.43. The third kappa shape index (κ3) is 4.31. The molecule has 1 amide bonds. The average Bonchev–Trinajstić information content (AvgIpc) is 2.53. The lowest BCUT2D eigenvalue weighted by Crippen LogP contribution is -2.07. The number of carbonyl (C=O) groups excluding carboxylic acids is 1. The number of phenols is 1. The van der Waals surface area contributed by atoms with Crippen LogP contribution in [0.15, 0.2) is 48.5 Å². The molecule has 0 saturated heterocycles. The number of nitrogens with zero attached hydrogens (tertiary/aromatic N) is 1. The van der Waals surface area contributed by atoms with E-state index in [0.29, 0.717) is 17.0 Å². The highest BCUT2D eigenvalue weighted by molar-refractivity contribution is 6.02. The van der Waals surface area contributed by atoms with E-state index in [1.165, 1.54) is 49.6 Å². The van der Waals surface area contributed by atoms with Crippen molar-refractivity contribution in [3.05, 3.63) is 64.2 Å². The van der Waals surface area contributed by atoms with Gasteiger partial charge in [0.25, 0.3) is 5.69 Å². The first kappa shape index (κ1) is 16.0. The van der Waals surface area contributed by atoms with Crippen LogP contribution < -0.4 is 10.1 Å². The molecular formula is C16H14N2O5. The molecule has 2 aromatic carbocycles. The molecule has 0 bridgehead atoms. The molecule has 7 nitrogen and oxygen atoms in total. The van der Waals surface area contributed by atoms with Crippen LogP contribution in [0.2, 0.25) is 0 Å². The number of benzene rings is 2. The Bertz CT molecular complexity index is 771. The number of rotatable bonds is 5. The molecule has 0 spiro atoms. The highest BCUT2D eigenvalue weighted by Crippen LogP contribution is 2.28. The lowest BCUT2D eigenvalue weighted by atomic mass is 10.2. The fraction of sp³-hybridized carbons (Fsp3) is 0.0625. The van der Waals surface area contributed by atoms with Crippen LogP contribution in [0.25, 0.3) is 6.08 Å². The Labute approximate surface area is 132 Å². The summed E-state index contributed by atoms with van der Waals surface area (Å²) in [6.07, 6.45) is 2.71. The van der Waals surface area contributed by atoms with Crippen LogP contribution in [0.1, 0.15) is 5.56 Å². The van der Waals surface area contributed by atoms with Crippen molar-refractivity contribution in [2.45, 2.75) is 0 Å². The number of nitro groups is 1. The number of nitrogens with one attached hydrogen (secondary N) is 1. The molecule has 0 radical (unpaired) electrons. The topological polar surface area (TPSA) is 102 Å². The van der Waals surface area contributed by atoms with E-state index in [1.807, 2.05) is 0 Å². The number of aromatic hydroxyl groups is 1. The molecule has 0 saturated carbocycles. The lowest BCUT2D eigenvalue weighted by Gasteiger charge is -2.06. The molecule has 0 aliphatic carbocycles. The van der Waals surface area contributed by atoms with Gasteiger partial charge in [0, 0.05) is 30.0 Å². The maximum atomic E-state index is 11.8. The molecule has 2 aromatic rings. The quantitative estimate of drug-likeness (QED) is 0.502. The van der Waals surface area contributed by atoms with Crippen LogP contribution in [-0.2, 0) is 4.79 Å². The zero-order valence-corrected chi connectivity index (χ0v) is 12.2. The number of anilines is 1. The third-order valence-corrected chi connectivity index (χ3v) is 2.95. The maximum Gasteiger partial charge on any atom is 0.270 e. The summed E-state index contributed by atoms with van der Waals surface area (Å²) in [4.78, 5) is 22.0. The van der Waals surface area contributed by atoms with Gasteiger partial charge in [-0.15, -0.1) is 0 Å². The number of hydrogen-bond acceptors (Lipinski definition) is 5. The minimum absolute atomic E-state index is 0.0485. The molecule has 0 aromatic heterocycles. The zero-order chi connectivity index (χ0) is 16.8. The Kier molecular flexibility index (Phi) is 4.93. The molecule has 0 aliphatic heterocycles. The van der Waals surface area contributed by atoms with E-state index < -0.39 is 10.8 Å². The normalized spacial score (nSPS) is 10.5. The summed E-state index contributed by atoms with van der Waals surface area (Å²) in [6, 6.07) is 10.4. The fourth-order valence-electron chi connectivity index (χ4n) is 1.87. The number of amides is 1. The van der Waals surface area contributed by atoms with E-state index in [2.05, 4.69) is 5.32 Å². The summed E-state index contributed by atoms with van der Waals surface area (Å²) in [5.41, 5.74) is 0.886. The van der Waals surface area contributed by atoms with Gasteiger partial charge in [-0.1, -0.05) is 12.1 Å². The SMILES string of the molecule is COc1ccc(NC(=O)/C=C/c2cccc([N+](=O)[O-])c2)cc1O. The first-order chi connectivity index (χ1) is 11.0. The van der Waals surface area contributed by atoms with Crippen molar-refractivity contribution in [2.75, 3.05) is 12.4 Å². The molecule has 0 heterocycles. The van der Waals surface area contributed by atoms with Gasteiger partial charge in [0.05, 0.1) is 12.0 Å². The monoisotopic (exact) mass is 314 g/mol. The van der Waals surface area contributed by atoms with Gasteiger partial charge in [-0.2, -0.15) is 0 Å². The molecule has 0 atom stereocenters. The molecule has 2 rings (SSSR count). The van der Waals surface area contributed by atoms with Crippen molar-refractivity contribution < 1.29 is 19.6 Å². The van der Waals surface area contributed by atoms with Gasteiger partial charge in [0.2, 0.25) is 5.91 Å². The van der Waals surface area contributed by atoms with Crippen molar-refractivity contribution in [3.63, 3.8) is 0 Å². The van der Waals surface area contributed by atoms with Crippen LogP contribution >= 0.6 is 0 Å². The maximum absolute atomic E-state index is 11.8. The average molecular weight is 314 g/mol. The number of non-ortho nitro benzene ring substituents is 1. The van der Waals surface area contributed by atoms with E-state index in [4.69, 9.17) is 4.74 Å². The highest BCUT2D eigenvalue weighted by Gasteiger charge is 2.06. The van der Waals surface area contributed by atoms with Gasteiger partial charge in [-0.25, -0.2) is 0 Å². The molecule has 7 heteroatoms. The minimum atomic E-state index is -0.502.